The van der Waals surface area contributed by atoms with Crippen molar-refractivity contribution in [3.63, 3.8) is 0 Å². The first kappa shape index (κ1) is 16.9. The number of carbonyl (C=O) groups excluding carboxylic acids is 1. The molecule has 122 valence electrons. The van der Waals surface area contributed by atoms with Crippen LogP contribution in [0.1, 0.15) is 25.8 Å². The van der Waals surface area contributed by atoms with Crippen LogP contribution in [0.15, 0.2) is 30.0 Å². The van der Waals surface area contributed by atoms with Crippen LogP contribution in [0.2, 0.25) is 0 Å². The van der Waals surface area contributed by atoms with Crippen molar-refractivity contribution in [2.24, 2.45) is 11.8 Å². The minimum absolute atomic E-state index is 0.0961. The van der Waals surface area contributed by atoms with Gasteiger partial charge in [0.1, 0.15) is 17.4 Å². The molecule has 5 nitrogen and oxygen atoms in total. The van der Waals surface area contributed by atoms with E-state index >= 15 is 0 Å². The number of carbonyl (C=O) groups is 1. The van der Waals surface area contributed by atoms with E-state index < -0.39 is 5.91 Å². The number of phenols is 1. The smallest absolute Gasteiger partial charge is 0.267 e. The van der Waals surface area contributed by atoms with Gasteiger partial charge in [-0.2, -0.15) is 5.26 Å². The molecule has 0 spiro atoms. The van der Waals surface area contributed by atoms with Gasteiger partial charge in [-0.25, -0.2) is 0 Å². The van der Waals surface area contributed by atoms with Crippen LogP contribution in [0.25, 0.3) is 0 Å². The molecule has 1 saturated heterocycles. The van der Waals surface area contributed by atoms with E-state index in [1.54, 1.807) is 25.3 Å². The van der Waals surface area contributed by atoms with Crippen LogP contribution in [0, 0.1) is 30.1 Å². The summed E-state index contributed by atoms with van der Waals surface area (Å²) in [6.45, 7) is 7.88. The number of benzene rings is 1. The summed E-state index contributed by atoms with van der Waals surface area (Å²) in [5.41, 5.74) is 1.43. The third-order valence-electron chi connectivity index (χ3n) is 4.03. The zero-order valence-electron chi connectivity index (χ0n) is 13.8. The molecule has 1 fully saturated rings. The van der Waals surface area contributed by atoms with Gasteiger partial charge in [0.05, 0.1) is 0 Å². The molecule has 2 atom stereocenters. The highest BCUT2D eigenvalue weighted by atomic mass is 16.3. The zero-order chi connectivity index (χ0) is 17.0. The van der Waals surface area contributed by atoms with Gasteiger partial charge in [0, 0.05) is 25.0 Å². The first-order chi connectivity index (χ1) is 10.9. The van der Waals surface area contributed by atoms with E-state index in [0.717, 1.165) is 18.7 Å². The van der Waals surface area contributed by atoms with Crippen molar-refractivity contribution in [2.75, 3.05) is 18.4 Å². The highest BCUT2D eigenvalue weighted by Gasteiger charge is 2.21. The third-order valence-corrected chi connectivity index (χ3v) is 4.03. The highest BCUT2D eigenvalue weighted by molar-refractivity contribution is 6.06. The molecular weight excluding hydrogens is 290 g/mol. The fraction of sp³-hybridized carbons (Fsp3) is 0.444. The van der Waals surface area contributed by atoms with Gasteiger partial charge < -0.3 is 15.3 Å². The van der Waals surface area contributed by atoms with Crippen molar-refractivity contribution >= 4 is 11.6 Å². The van der Waals surface area contributed by atoms with Gasteiger partial charge in [-0.3, -0.25) is 4.79 Å². The van der Waals surface area contributed by atoms with Crippen LogP contribution in [0.3, 0.4) is 0 Å². The topological polar surface area (TPSA) is 76.4 Å². The van der Waals surface area contributed by atoms with Gasteiger partial charge in [-0.1, -0.05) is 13.8 Å². The van der Waals surface area contributed by atoms with Crippen LogP contribution >= 0.6 is 0 Å². The van der Waals surface area contributed by atoms with Crippen molar-refractivity contribution in [3.8, 4) is 11.8 Å². The number of nitrogens with zero attached hydrogens (tertiary/aromatic N) is 2. The SMILES string of the molecule is Cc1cc(O)ccc1NC(=O)/C(C#N)=C\N1CC(C)CC(C)C1. The molecule has 2 N–H and O–H groups in total. The van der Waals surface area contributed by atoms with E-state index in [9.17, 15) is 15.2 Å². The quantitative estimate of drug-likeness (QED) is 0.511. The molecule has 1 aliphatic heterocycles. The zero-order valence-corrected chi connectivity index (χ0v) is 13.8. The molecule has 0 saturated carbocycles. The Morgan fingerprint density at radius 2 is 2.04 bits per heavy atom. The molecule has 0 aliphatic carbocycles. The predicted octanol–water partition coefficient (Wildman–Crippen LogP) is 3.02. The molecule has 1 amide bonds. The summed E-state index contributed by atoms with van der Waals surface area (Å²) in [4.78, 5) is 14.4. The average molecular weight is 313 g/mol. The number of amides is 1. The third kappa shape index (κ3) is 4.49. The van der Waals surface area contributed by atoms with Crippen LogP contribution in [0.5, 0.6) is 5.75 Å². The number of anilines is 1. The highest BCUT2D eigenvalue weighted by Crippen LogP contribution is 2.23. The first-order valence-electron chi connectivity index (χ1n) is 7.86. The van der Waals surface area contributed by atoms with Crippen molar-refractivity contribution in [2.45, 2.75) is 27.2 Å². The molecule has 0 bridgehead atoms. The largest absolute Gasteiger partial charge is 0.508 e. The molecule has 2 rings (SSSR count). The van der Waals surface area contributed by atoms with Crippen molar-refractivity contribution in [1.29, 1.82) is 5.26 Å². The maximum atomic E-state index is 12.3. The summed E-state index contributed by atoms with van der Waals surface area (Å²) in [5.74, 6) is 0.828. The summed E-state index contributed by atoms with van der Waals surface area (Å²) in [5, 5.41) is 21.4. The second-order valence-corrected chi connectivity index (χ2v) is 6.51. The van der Waals surface area contributed by atoms with E-state index in [1.165, 1.54) is 12.5 Å². The average Bonchev–Trinajstić information content (AvgIpc) is 2.46. The van der Waals surface area contributed by atoms with Gasteiger partial charge in [-0.05, 0) is 48.9 Å². The number of nitriles is 1. The number of nitrogens with one attached hydrogen (secondary N) is 1. The minimum atomic E-state index is -0.424. The molecule has 1 aliphatic rings. The Labute approximate surface area is 137 Å². The van der Waals surface area contributed by atoms with Crippen LogP contribution < -0.4 is 5.32 Å². The summed E-state index contributed by atoms with van der Waals surface area (Å²) in [6.07, 6.45) is 2.84. The summed E-state index contributed by atoms with van der Waals surface area (Å²) in [6, 6.07) is 6.69. The molecule has 5 heteroatoms. The lowest BCUT2D eigenvalue weighted by Gasteiger charge is -2.34. The lowest BCUT2D eigenvalue weighted by molar-refractivity contribution is -0.112. The summed E-state index contributed by atoms with van der Waals surface area (Å²) >= 11 is 0. The van der Waals surface area contributed by atoms with E-state index in [-0.39, 0.29) is 11.3 Å². The number of piperidine rings is 1. The lowest BCUT2D eigenvalue weighted by Crippen LogP contribution is -2.35. The van der Waals surface area contributed by atoms with Crippen molar-refractivity contribution in [1.82, 2.24) is 4.90 Å². The molecule has 1 aromatic carbocycles. The summed E-state index contributed by atoms with van der Waals surface area (Å²) in [7, 11) is 0. The van der Waals surface area contributed by atoms with Crippen LogP contribution in [0.4, 0.5) is 5.69 Å². The van der Waals surface area contributed by atoms with E-state index in [4.69, 9.17) is 0 Å². The Bertz CT molecular complexity index is 651. The van der Waals surface area contributed by atoms with Crippen molar-refractivity contribution in [3.05, 3.63) is 35.5 Å². The molecule has 1 aromatic rings. The number of hydrogen-bond donors (Lipinski definition) is 2. The maximum Gasteiger partial charge on any atom is 0.267 e. The number of phenolic OH excluding ortho intramolecular Hbond substituents is 1. The van der Waals surface area contributed by atoms with E-state index in [0.29, 0.717) is 17.5 Å². The van der Waals surface area contributed by atoms with Gasteiger partial charge in [0.25, 0.3) is 5.91 Å². The molecule has 0 radical (unpaired) electrons. The van der Waals surface area contributed by atoms with Crippen LogP contribution in [-0.2, 0) is 4.79 Å². The fourth-order valence-corrected chi connectivity index (χ4v) is 3.12. The molecular formula is C18H23N3O2. The Hall–Kier alpha value is -2.48. The second-order valence-electron chi connectivity index (χ2n) is 6.51. The monoisotopic (exact) mass is 313 g/mol. The van der Waals surface area contributed by atoms with Gasteiger partial charge in [0.2, 0.25) is 0 Å². The standard InChI is InChI=1S/C18H23N3O2/c1-12-6-13(2)10-21(9-12)11-15(8-19)18(23)20-17-5-4-16(22)7-14(17)3/h4-5,7,11-13,22H,6,9-10H2,1-3H3,(H,20,23)/b15-11-. The van der Waals surface area contributed by atoms with Gasteiger partial charge in [-0.15, -0.1) is 0 Å². The van der Waals surface area contributed by atoms with E-state index in [2.05, 4.69) is 24.1 Å². The molecule has 23 heavy (non-hydrogen) atoms. The summed E-state index contributed by atoms with van der Waals surface area (Å²) < 4.78 is 0. The Kier molecular flexibility index (Phi) is 5.28. The minimum Gasteiger partial charge on any atom is -0.508 e. The normalized spacial score (nSPS) is 21.7. The van der Waals surface area contributed by atoms with Gasteiger partial charge >= 0.3 is 0 Å². The molecule has 0 aromatic heterocycles. The maximum absolute atomic E-state index is 12.3. The number of aromatic hydroxyl groups is 1. The Morgan fingerprint density at radius 1 is 1.39 bits per heavy atom. The lowest BCUT2D eigenvalue weighted by atomic mass is 9.92. The fourth-order valence-electron chi connectivity index (χ4n) is 3.12. The second kappa shape index (κ2) is 7.19. The van der Waals surface area contributed by atoms with E-state index in [1.807, 2.05) is 6.07 Å². The molecule has 2 unspecified atom stereocenters. The Balaban J connectivity index is 2.12. The number of aryl methyl sites for hydroxylation is 1. The number of hydrogen-bond acceptors (Lipinski definition) is 4. The van der Waals surface area contributed by atoms with Crippen LogP contribution in [-0.4, -0.2) is 29.0 Å². The first-order valence-corrected chi connectivity index (χ1v) is 7.86. The number of rotatable bonds is 3. The van der Waals surface area contributed by atoms with Gasteiger partial charge in [0.15, 0.2) is 0 Å². The Morgan fingerprint density at radius 3 is 2.61 bits per heavy atom. The van der Waals surface area contributed by atoms with Crippen molar-refractivity contribution < 1.29 is 9.90 Å². The molecule has 1 heterocycles. The number of likely N-dealkylation sites (tertiary alicyclic amines) is 1. The predicted molar refractivity (Wildman–Crippen MR) is 89.7 cm³/mol.